The summed E-state index contributed by atoms with van der Waals surface area (Å²) in [6.45, 7) is 2.06. The van der Waals surface area contributed by atoms with Gasteiger partial charge in [-0.2, -0.15) is 8.42 Å². The van der Waals surface area contributed by atoms with Crippen molar-refractivity contribution in [1.29, 1.82) is 0 Å². The summed E-state index contributed by atoms with van der Waals surface area (Å²) in [5.74, 6) is 1.62. The highest BCUT2D eigenvalue weighted by Crippen LogP contribution is 2.28. The summed E-state index contributed by atoms with van der Waals surface area (Å²) in [6.07, 6.45) is 5.91. The molecular weight excluding hydrogens is 470 g/mol. The van der Waals surface area contributed by atoms with Crippen LogP contribution in [-0.4, -0.2) is 34.5 Å². The lowest BCUT2D eigenvalue weighted by Gasteiger charge is -2.13. The summed E-state index contributed by atoms with van der Waals surface area (Å²) in [4.78, 5) is 12.8. The zero-order chi connectivity index (χ0) is 25.4. The first-order valence-corrected chi connectivity index (χ1v) is 12.5. The molecular formula is C26H29NO7S. The zero-order valence-electron chi connectivity index (χ0n) is 20.2. The maximum atomic E-state index is 12.9. The van der Waals surface area contributed by atoms with E-state index in [1.807, 2.05) is 6.07 Å². The van der Waals surface area contributed by atoms with E-state index < -0.39 is 15.7 Å². The number of ether oxygens (including phenoxy) is 3. The maximum Gasteiger partial charge on any atom is 0.357 e. The largest absolute Gasteiger partial charge is 0.497 e. The van der Waals surface area contributed by atoms with Gasteiger partial charge < -0.3 is 14.2 Å². The number of hydrogen-bond donors (Lipinski definition) is 0. The minimum atomic E-state index is -4.28. The van der Waals surface area contributed by atoms with Gasteiger partial charge in [0.2, 0.25) is 0 Å². The van der Waals surface area contributed by atoms with Gasteiger partial charge in [-0.25, -0.2) is 0 Å². The zero-order valence-corrected chi connectivity index (χ0v) is 21.0. The molecule has 0 saturated heterocycles. The van der Waals surface area contributed by atoms with E-state index in [1.165, 1.54) is 44.6 Å². The summed E-state index contributed by atoms with van der Waals surface area (Å²) in [7, 11) is 0.294. The molecule has 0 aliphatic rings. The molecule has 0 amide bonds. The topological polar surface area (TPSA) is 93.1 Å². The SMILES string of the molecule is CCCCc1cc(C=Cc2ccc(OC)c(OC)c2)n(OS(=O)(=O)c2ccc(OC)cc2)c(=O)c1. The summed E-state index contributed by atoms with van der Waals surface area (Å²) in [6, 6.07) is 14.2. The summed E-state index contributed by atoms with van der Waals surface area (Å²) < 4.78 is 47.6. The molecule has 3 rings (SSSR count). The first kappa shape index (κ1) is 25.9. The Morgan fingerprint density at radius 3 is 2.20 bits per heavy atom. The van der Waals surface area contributed by atoms with Gasteiger partial charge in [0.15, 0.2) is 11.5 Å². The lowest BCUT2D eigenvalue weighted by Crippen LogP contribution is -2.32. The fourth-order valence-electron chi connectivity index (χ4n) is 3.38. The van der Waals surface area contributed by atoms with Crippen molar-refractivity contribution in [1.82, 2.24) is 4.73 Å². The molecule has 0 spiro atoms. The fourth-order valence-corrected chi connectivity index (χ4v) is 4.29. The summed E-state index contributed by atoms with van der Waals surface area (Å²) in [5, 5.41) is 0. The van der Waals surface area contributed by atoms with Gasteiger partial charge in [0, 0.05) is 6.07 Å². The average Bonchev–Trinajstić information content (AvgIpc) is 2.87. The van der Waals surface area contributed by atoms with Crippen molar-refractivity contribution in [2.24, 2.45) is 0 Å². The molecule has 0 fully saturated rings. The van der Waals surface area contributed by atoms with Crippen LogP contribution >= 0.6 is 0 Å². The van der Waals surface area contributed by atoms with E-state index >= 15 is 0 Å². The summed E-state index contributed by atoms with van der Waals surface area (Å²) in [5.41, 5.74) is 1.27. The maximum absolute atomic E-state index is 12.9. The number of pyridine rings is 1. The smallest absolute Gasteiger partial charge is 0.357 e. The normalized spacial score (nSPS) is 11.4. The van der Waals surface area contributed by atoms with E-state index in [0.29, 0.717) is 23.7 Å². The minimum absolute atomic E-state index is 0.102. The highest BCUT2D eigenvalue weighted by molar-refractivity contribution is 7.87. The van der Waals surface area contributed by atoms with Gasteiger partial charge >= 0.3 is 10.1 Å². The van der Waals surface area contributed by atoms with Crippen LogP contribution in [0, 0.1) is 0 Å². The lowest BCUT2D eigenvalue weighted by molar-refractivity contribution is 0.264. The van der Waals surface area contributed by atoms with E-state index in [4.69, 9.17) is 18.5 Å². The van der Waals surface area contributed by atoms with Crippen molar-refractivity contribution in [3.63, 3.8) is 0 Å². The molecule has 186 valence electrons. The van der Waals surface area contributed by atoms with Crippen molar-refractivity contribution < 1.29 is 26.9 Å². The fraction of sp³-hybridized carbons (Fsp3) is 0.269. The van der Waals surface area contributed by atoms with Crippen LogP contribution in [0.3, 0.4) is 0 Å². The Hall–Kier alpha value is -3.72. The van der Waals surface area contributed by atoms with Crippen molar-refractivity contribution >= 4 is 22.3 Å². The lowest BCUT2D eigenvalue weighted by atomic mass is 10.1. The van der Waals surface area contributed by atoms with Gasteiger partial charge in [0.25, 0.3) is 5.56 Å². The Bertz CT molecular complexity index is 1340. The van der Waals surface area contributed by atoms with Crippen molar-refractivity contribution in [2.75, 3.05) is 21.3 Å². The molecule has 0 unspecified atom stereocenters. The Morgan fingerprint density at radius 2 is 1.57 bits per heavy atom. The van der Waals surface area contributed by atoms with Gasteiger partial charge in [0.05, 0.1) is 27.0 Å². The second-order valence-corrected chi connectivity index (χ2v) is 9.21. The van der Waals surface area contributed by atoms with Gasteiger partial charge in [-0.05, 0) is 72.5 Å². The number of hydrogen-bond acceptors (Lipinski definition) is 7. The average molecular weight is 500 g/mol. The van der Waals surface area contributed by atoms with Crippen LogP contribution in [0.2, 0.25) is 0 Å². The molecule has 0 atom stereocenters. The monoisotopic (exact) mass is 499 g/mol. The second-order valence-electron chi connectivity index (χ2n) is 7.68. The molecule has 0 aliphatic carbocycles. The third-order valence-electron chi connectivity index (χ3n) is 5.27. The highest BCUT2D eigenvalue weighted by Gasteiger charge is 2.20. The number of benzene rings is 2. The molecule has 0 N–H and O–H groups in total. The van der Waals surface area contributed by atoms with Crippen LogP contribution in [-0.2, 0) is 16.5 Å². The van der Waals surface area contributed by atoms with Gasteiger partial charge in [-0.1, -0.05) is 25.5 Å². The van der Waals surface area contributed by atoms with Gasteiger partial charge in [-0.3, -0.25) is 9.08 Å². The first-order chi connectivity index (χ1) is 16.8. The molecule has 0 saturated carbocycles. The molecule has 0 aliphatic heterocycles. The minimum Gasteiger partial charge on any atom is -0.497 e. The predicted molar refractivity (Wildman–Crippen MR) is 135 cm³/mol. The first-order valence-electron chi connectivity index (χ1n) is 11.1. The Labute approximate surface area is 205 Å². The molecule has 35 heavy (non-hydrogen) atoms. The van der Waals surface area contributed by atoms with Crippen molar-refractivity contribution in [2.45, 2.75) is 31.1 Å². The van der Waals surface area contributed by atoms with E-state index in [9.17, 15) is 13.2 Å². The highest BCUT2D eigenvalue weighted by atomic mass is 32.2. The van der Waals surface area contributed by atoms with E-state index in [2.05, 4.69) is 6.92 Å². The third-order valence-corrected chi connectivity index (χ3v) is 6.47. The van der Waals surface area contributed by atoms with Gasteiger partial charge in [0.1, 0.15) is 10.6 Å². The molecule has 0 radical (unpaired) electrons. The number of unbranched alkanes of at least 4 members (excludes halogenated alkanes) is 1. The van der Waals surface area contributed by atoms with Crippen LogP contribution in [0.1, 0.15) is 36.6 Å². The molecule has 3 aromatic rings. The van der Waals surface area contributed by atoms with Gasteiger partial charge in [-0.15, -0.1) is 4.73 Å². The Kier molecular flexibility index (Phi) is 8.59. The predicted octanol–water partition coefficient (Wildman–Crippen LogP) is 4.20. The quantitative estimate of drug-likeness (QED) is 0.390. The van der Waals surface area contributed by atoms with Crippen LogP contribution in [0.5, 0.6) is 17.2 Å². The van der Waals surface area contributed by atoms with Crippen LogP contribution in [0.15, 0.2) is 64.3 Å². The van der Waals surface area contributed by atoms with E-state index in [0.717, 1.165) is 28.7 Å². The Morgan fingerprint density at radius 1 is 0.857 bits per heavy atom. The second kappa shape index (κ2) is 11.6. The molecule has 1 aromatic heterocycles. The molecule has 2 aromatic carbocycles. The third kappa shape index (κ3) is 6.45. The number of nitrogens with zero attached hydrogens (tertiary/aromatic N) is 1. The van der Waals surface area contributed by atoms with Crippen molar-refractivity contribution in [3.05, 3.63) is 81.8 Å². The molecule has 8 nitrogen and oxygen atoms in total. The van der Waals surface area contributed by atoms with Crippen LogP contribution in [0.4, 0.5) is 0 Å². The summed E-state index contributed by atoms with van der Waals surface area (Å²) >= 11 is 0. The molecule has 9 heteroatoms. The van der Waals surface area contributed by atoms with E-state index in [-0.39, 0.29) is 10.6 Å². The number of methoxy groups -OCH3 is 3. The van der Waals surface area contributed by atoms with Crippen molar-refractivity contribution in [3.8, 4) is 17.2 Å². The van der Waals surface area contributed by atoms with E-state index in [1.54, 1.807) is 37.5 Å². The van der Waals surface area contributed by atoms with Crippen LogP contribution < -0.4 is 24.1 Å². The number of aryl methyl sites for hydroxylation is 1. The molecule has 0 bridgehead atoms. The standard InChI is InChI=1S/C26H29NO7S/c1-5-6-7-20-16-21(10-8-19-9-15-24(32-3)25(17-19)33-4)27(26(28)18-20)34-35(29,30)23-13-11-22(31-2)12-14-23/h8-18H,5-7H2,1-4H3. The number of rotatable bonds is 11. The Balaban J connectivity index is 2.02. The number of aromatic nitrogens is 1. The van der Waals surface area contributed by atoms with Crippen LogP contribution in [0.25, 0.3) is 12.2 Å². The molecule has 1 heterocycles.